The predicted molar refractivity (Wildman–Crippen MR) is 65.5 cm³/mol. The summed E-state index contributed by atoms with van der Waals surface area (Å²) in [6, 6.07) is 0. The third-order valence-corrected chi connectivity index (χ3v) is 2.51. The number of hydrogen-bond donors (Lipinski definition) is 1. The number of rotatable bonds is 7. The van der Waals surface area contributed by atoms with Gasteiger partial charge in [-0.05, 0) is 26.9 Å². The van der Waals surface area contributed by atoms with E-state index in [2.05, 4.69) is 29.2 Å². The van der Waals surface area contributed by atoms with Crippen molar-refractivity contribution in [3.05, 3.63) is 17.3 Å². The molecule has 1 heterocycles. The SMILES string of the molecule is CCCNCCN(C)Cc1oc(C)nc1C. The highest BCUT2D eigenvalue weighted by atomic mass is 16.4. The number of aryl methyl sites for hydroxylation is 2. The predicted octanol–water partition coefficient (Wildman–Crippen LogP) is 1.72. The Morgan fingerprint density at radius 3 is 2.62 bits per heavy atom. The molecule has 0 radical (unpaired) electrons. The van der Waals surface area contributed by atoms with Crippen LogP contribution >= 0.6 is 0 Å². The standard InChI is InChI=1S/C12H23N3O/c1-5-6-13-7-8-15(4)9-12-10(2)14-11(3)16-12/h13H,5-9H2,1-4H3. The van der Waals surface area contributed by atoms with E-state index in [9.17, 15) is 0 Å². The Labute approximate surface area is 98.0 Å². The lowest BCUT2D eigenvalue weighted by Gasteiger charge is -2.15. The van der Waals surface area contributed by atoms with Crippen molar-refractivity contribution in [2.75, 3.05) is 26.7 Å². The Bertz CT molecular complexity index is 309. The Kier molecular flexibility index (Phi) is 5.49. The number of likely N-dealkylation sites (N-methyl/N-ethyl adjacent to an activating group) is 1. The number of oxazole rings is 1. The highest BCUT2D eigenvalue weighted by molar-refractivity contribution is 5.06. The van der Waals surface area contributed by atoms with Crippen LogP contribution in [-0.4, -0.2) is 36.6 Å². The van der Waals surface area contributed by atoms with Crippen LogP contribution in [0, 0.1) is 13.8 Å². The molecule has 0 aliphatic rings. The molecule has 1 aromatic heterocycles. The van der Waals surface area contributed by atoms with E-state index in [-0.39, 0.29) is 0 Å². The number of hydrogen-bond acceptors (Lipinski definition) is 4. The highest BCUT2D eigenvalue weighted by Gasteiger charge is 2.08. The number of nitrogens with one attached hydrogen (secondary N) is 1. The van der Waals surface area contributed by atoms with E-state index in [1.54, 1.807) is 0 Å². The third kappa shape index (κ3) is 4.33. The first kappa shape index (κ1) is 13.2. The van der Waals surface area contributed by atoms with Crippen molar-refractivity contribution < 1.29 is 4.42 Å². The molecule has 4 heteroatoms. The monoisotopic (exact) mass is 225 g/mol. The molecule has 16 heavy (non-hydrogen) atoms. The fraction of sp³-hybridized carbons (Fsp3) is 0.750. The van der Waals surface area contributed by atoms with Gasteiger partial charge < -0.3 is 9.73 Å². The zero-order valence-corrected chi connectivity index (χ0v) is 10.8. The van der Waals surface area contributed by atoms with E-state index < -0.39 is 0 Å². The van der Waals surface area contributed by atoms with E-state index in [0.717, 1.165) is 43.5 Å². The summed E-state index contributed by atoms with van der Waals surface area (Å²) in [7, 11) is 2.10. The van der Waals surface area contributed by atoms with Gasteiger partial charge in [-0.1, -0.05) is 6.92 Å². The normalized spacial score (nSPS) is 11.3. The Morgan fingerprint density at radius 2 is 2.06 bits per heavy atom. The molecule has 0 unspecified atom stereocenters. The van der Waals surface area contributed by atoms with Gasteiger partial charge in [0.1, 0.15) is 5.76 Å². The molecule has 1 N–H and O–H groups in total. The van der Waals surface area contributed by atoms with E-state index in [1.807, 2.05) is 13.8 Å². The molecule has 0 atom stereocenters. The third-order valence-electron chi connectivity index (χ3n) is 2.51. The summed E-state index contributed by atoms with van der Waals surface area (Å²) < 4.78 is 5.54. The van der Waals surface area contributed by atoms with Crippen molar-refractivity contribution >= 4 is 0 Å². The van der Waals surface area contributed by atoms with Crippen molar-refractivity contribution in [2.24, 2.45) is 0 Å². The Balaban J connectivity index is 2.28. The van der Waals surface area contributed by atoms with E-state index in [4.69, 9.17) is 4.42 Å². The highest BCUT2D eigenvalue weighted by Crippen LogP contribution is 2.10. The lowest BCUT2D eigenvalue weighted by molar-refractivity contribution is 0.290. The second kappa shape index (κ2) is 6.66. The molecule has 0 spiro atoms. The maximum Gasteiger partial charge on any atom is 0.191 e. The van der Waals surface area contributed by atoms with E-state index in [0.29, 0.717) is 0 Å². The van der Waals surface area contributed by atoms with Crippen LogP contribution in [0.1, 0.15) is 30.7 Å². The fourth-order valence-corrected chi connectivity index (χ4v) is 1.62. The second-order valence-corrected chi connectivity index (χ2v) is 4.23. The lowest BCUT2D eigenvalue weighted by atomic mass is 10.3. The van der Waals surface area contributed by atoms with Gasteiger partial charge in [0.15, 0.2) is 5.89 Å². The number of nitrogens with zero attached hydrogens (tertiary/aromatic N) is 2. The van der Waals surface area contributed by atoms with Crippen LogP contribution in [0.3, 0.4) is 0 Å². The molecule has 1 rings (SSSR count). The fourth-order valence-electron chi connectivity index (χ4n) is 1.62. The van der Waals surface area contributed by atoms with Gasteiger partial charge in [0.25, 0.3) is 0 Å². The molecule has 0 saturated heterocycles. The minimum Gasteiger partial charge on any atom is -0.444 e. The smallest absolute Gasteiger partial charge is 0.191 e. The summed E-state index contributed by atoms with van der Waals surface area (Å²) >= 11 is 0. The molecule has 92 valence electrons. The van der Waals surface area contributed by atoms with Gasteiger partial charge in [-0.2, -0.15) is 0 Å². The largest absolute Gasteiger partial charge is 0.444 e. The molecule has 0 aliphatic heterocycles. The molecule has 0 bridgehead atoms. The lowest BCUT2D eigenvalue weighted by Crippen LogP contribution is -2.29. The molecular formula is C12H23N3O. The molecule has 0 saturated carbocycles. The van der Waals surface area contributed by atoms with Gasteiger partial charge in [-0.25, -0.2) is 4.98 Å². The summed E-state index contributed by atoms with van der Waals surface area (Å²) in [6.07, 6.45) is 1.18. The number of aromatic nitrogens is 1. The molecule has 0 aliphatic carbocycles. The van der Waals surface area contributed by atoms with Crippen LogP contribution in [0.5, 0.6) is 0 Å². The summed E-state index contributed by atoms with van der Waals surface area (Å²) in [5.74, 6) is 1.74. The molecular weight excluding hydrogens is 202 g/mol. The first-order valence-corrected chi connectivity index (χ1v) is 5.95. The van der Waals surface area contributed by atoms with Gasteiger partial charge >= 0.3 is 0 Å². The first-order chi connectivity index (χ1) is 7.63. The molecule has 0 fully saturated rings. The summed E-state index contributed by atoms with van der Waals surface area (Å²) in [5, 5.41) is 3.38. The second-order valence-electron chi connectivity index (χ2n) is 4.23. The van der Waals surface area contributed by atoms with E-state index >= 15 is 0 Å². The van der Waals surface area contributed by atoms with Gasteiger partial charge in [-0.15, -0.1) is 0 Å². The Hall–Kier alpha value is -0.870. The van der Waals surface area contributed by atoms with Crippen LogP contribution in [-0.2, 0) is 6.54 Å². The van der Waals surface area contributed by atoms with Crippen LogP contribution < -0.4 is 5.32 Å². The van der Waals surface area contributed by atoms with Crippen molar-refractivity contribution in [3.8, 4) is 0 Å². The first-order valence-electron chi connectivity index (χ1n) is 5.95. The van der Waals surface area contributed by atoms with E-state index in [1.165, 1.54) is 6.42 Å². The molecule has 4 nitrogen and oxygen atoms in total. The van der Waals surface area contributed by atoms with Gasteiger partial charge in [0.05, 0.1) is 12.2 Å². The minimum atomic E-state index is 0.755. The van der Waals surface area contributed by atoms with Crippen molar-refractivity contribution in [3.63, 3.8) is 0 Å². The average molecular weight is 225 g/mol. The summed E-state index contributed by atoms with van der Waals surface area (Å²) in [4.78, 5) is 6.51. The van der Waals surface area contributed by atoms with Gasteiger partial charge in [0, 0.05) is 20.0 Å². The van der Waals surface area contributed by atoms with Crippen molar-refractivity contribution in [1.82, 2.24) is 15.2 Å². The maximum atomic E-state index is 5.54. The van der Waals surface area contributed by atoms with Crippen LogP contribution in [0.15, 0.2) is 4.42 Å². The zero-order valence-electron chi connectivity index (χ0n) is 10.8. The van der Waals surface area contributed by atoms with Crippen LogP contribution in [0.4, 0.5) is 0 Å². The summed E-state index contributed by atoms with van der Waals surface area (Å²) in [5.41, 5.74) is 1.01. The zero-order chi connectivity index (χ0) is 12.0. The van der Waals surface area contributed by atoms with Crippen LogP contribution in [0.2, 0.25) is 0 Å². The topological polar surface area (TPSA) is 41.3 Å². The average Bonchev–Trinajstić information content (AvgIpc) is 2.52. The van der Waals surface area contributed by atoms with Gasteiger partial charge in [0.2, 0.25) is 0 Å². The minimum absolute atomic E-state index is 0.755. The van der Waals surface area contributed by atoms with Gasteiger partial charge in [-0.3, -0.25) is 4.90 Å². The summed E-state index contributed by atoms with van der Waals surface area (Å²) in [6.45, 7) is 10.0. The molecule has 0 amide bonds. The van der Waals surface area contributed by atoms with Crippen LogP contribution in [0.25, 0.3) is 0 Å². The Morgan fingerprint density at radius 1 is 1.31 bits per heavy atom. The van der Waals surface area contributed by atoms with Crippen molar-refractivity contribution in [2.45, 2.75) is 33.7 Å². The quantitative estimate of drug-likeness (QED) is 0.717. The molecule has 1 aromatic rings. The van der Waals surface area contributed by atoms with Crippen molar-refractivity contribution in [1.29, 1.82) is 0 Å². The maximum absolute atomic E-state index is 5.54. The molecule has 0 aromatic carbocycles.